The summed E-state index contributed by atoms with van der Waals surface area (Å²) in [4.78, 5) is 52.0. The van der Waals surface area contributed by atoms with E-state index in [0.29, 0.717) is 0 Å². The van der Waals surface area contributed by atoms with E-state index in [0.717, 1.165) is 13.2 Å². The Balaban J connectivity index is 1.66. The van der Waals surface area contributed by atoms with Gasteiger partial charge < -0.3 is 55.1 Å². The van der Waals surface area contributed by atoms with Gasteiger partial charge in [-0.3, -0.25) is 14.4 Å². The number of aliphatic hydroxyl groups is 5. The first-order chi connectivity index (χ1) is 20.2. The molecular weight excluding hydrogens is 576 g/mol. The van der Waals surface area contributed by atoms with Crippen LogP contribution in [0.25, 0.3) is 0 Å². The number of hydrogen-bond donors (Lipinski definition) is 8. The van der Waals surface area contributed by atoms with E-state index in [-0.39, 0.29) is 12.0 Å². The van der Waals surface area contributed by atoms with Crippen LogP contribution in [-0.2, 0) is 19.1 Å². The summed E-state index contributed by atoms with van der Waals surface area (Å²) in [6.07, 6.45) is -12.3. The van der Waals surface area contributed by atoms with E-state index in [2.05, 4.69) is 0 Å². The number of methoxy groups -OCH3 is 1. The molecule has 2 aromatic carbocycles. The molecule has 0 spiro atoms. The molecule has 1 aliphatic heterocycles. The van der Waals surface area contributed by atoms with Crippen molar-refractivity contribution in [3.8, 4) is 17.2 Å². The van der Waals surface area contributed by atoms with Crippen molar-refractivity contribution in [2.45, 2.75) is 68.1 Å². The van der Waals surface area contributed by atoms with Crippen LogP contribution in [0.15, 0.2) is 18.2 Å². The molecule has 1 heterocycles. The van der Waals surface area contributed by atoms with Crippen LogP contribution in [0.4, 0.5) is 0 Å². The predicted molar refractivity (Wildman–Crippen MR) is 138 cm³/mol. The van der Waals surface area contributed by atoms with Crippen LogP contribution in [0.3, 0.4) is 0 Å². The maximum absolute atomic E-state index is 13.9. The Morgan fingerprint density at radius 3 is 2.19 bits per heavy atom. The highest BCUT2D eigenvalue weighted by Gasteiger charge is 2.54. The van der Waals surface area contributed by atoms with Crippen molar-refractivity contribution in [2.75, 3.05) is 7.11 Å². The third-order valence-corrected chi connectivity index (χ3v) is 8.29. The van der Waals surface area contributed by atoms with E-state index in [1.54, 1.807) is 0 Å². The van der Waals surface area contributed by atoms with E-state index in [9.17, 15) is 60.0 Å². The minimum absolute atomic E-state index is 0.0967. The van der Waals surface area contributed by atoms with Gasteiger partial charge in [0.15, 0.2) is 11.9 Å². The van der Waals surface area contributed by atoms with Gasteiger partial charge in [0.25, 0.3) is 0 Å². The first-order valence-electron chi connectivity index (χ1n) is 13.1. The van der Waals surface area contributed by atoms with Gasteiger partial charge in [0, 0.05) is 23.1 Å². The number of ether oxygens (including phenoxy) is 3. The Bertz CT molecular complexity index is 1550. The molecule has 3 aliphatic rings. The van der Waals surface area contributed by atoms with Crippen LogP contribution in [0.5, 0.6) is 17.2 Å². The van der Waals surface area contributed by atoms with Crippen molar-refractivity contribution < 1.29 is 74.2 Å². The Morgan fingerprint density at radius 1 is 0.953 bits per heavy atom. The van der Waals surface area contributed by atoms with Crippen LogP contribution >= 0.6 is 0 Å². The number of aliphatic carboxylic acids is 1. The highest BCUT2D eigenvalue weighted by Crippen LogP contribution is 2.56. The summed E-state index contributed by atoms with van der Waals surface area (Å²) < 4.78 is 15.5. The lowest BCUT2D eigenvalue weighted by Gasteiger charge is -2.42. The van der Waals surface area contributed by atoms with Crippen LogP contribution in [0, 0.1) is 0 Å². The highest BCUT2D eigenvalue weighted by molar-refractivity contribution is 6.31. The number of fused-ring (bicyclic) bond motifs is 3. The average Bonchev–Trinajstić information content (AvgIpc) is 2.96. The van der Waals surface area contributed by atoms with Crippen molar-refractivity contribution in [3.05, 3.63) is 51.6 Å². The summed E-state index contributed by atoms with van der Waals surface area (Å²) >= 11 is 0. The molecule has 15 heteroatoms. The van der Waals surface area contributed by atoms with Crippen LogP contribution < -0.4 is 4.74 Å². The number of esters is 1. The van der Waals surface area contributed by atoms with Gasteiger partial charge in [-0.05, 0) is 12.5 Å². The third-order valence-electron chi connectivity index (χ3n) is 8.29. The van der Waals surface area contributed by atoms with Gasteiger partial charge in [-0.15, -0.1) is 0 Å². The fourth-order valence-corrected chi connectivity index (χ4v) is 6.05. The molecule has 2 aliphatic carbocycles. The molecule has 8 atom stereocenters. The predicted octanol–water partition coefficient (Wildman–Crippen LogP) is -1.02. The molecule has 230 valence electrons. The summed E-state index contributed by atoms with van der Waals surface area (Å²) in [6, 6.07) is 3.57. The summed E-state index contributed by atoms with van der Waals surface area (Å²) in [5.74, 6) is -8.84. The Morgan fingerprint density at radius 2 is 1.58 bits per heavy atom. The number of phenols is 2. The van der Waals surface area contributed by atoms with Crippen LogP contribution in [-0.4, -0.2) is 108 Å². The lowest BCUT2D eigenvalue weighted by atomic mass is 9.66. The Labute approximate surface area is 242 Å². The number of carbonyl (C=O) groups excluding carboxylic acids is 3. The standard InChI is InChI=1S/C28H28O15/c1-3-28(40)7-9(29)12-13(16(28)26(39)41-2)20(33)14-15(19(12)32)18(31)11-8(17(14)30)5-4-6-10(11)42-27-23(36)21(34)22(35)24(43-27)25(37)38/h4-6,9,16,21-24,27,29,32-36,40H,3,7H2,1-2H3,(H,37,38)/t9-,16+,21+,22+,23+,24+,27-,28-/m1/s1. The first kappa shape index (κ1) is 30.3. The van der Waals surface area contributed by atoms with E-state index in [1.165, 1.54) is 19.1 Å². The Kier molecular flexibility index (Phi) is 7.44. The van der Waals surface area contributed by atoms with Gasteiger partial charge in [0.05, 0.1) is 35.5 Å². The quantitative estimate of drug-likeness (QED) is 0.128. The molecule has 15 nitrogen and oxygen atoms in total. The number of carbonyl (C=O) groups is 4. The first-order valence-corrected chi connectivity index (χ1v) is 13.1. The largest absolute Gasteiger partial charge is 0.507 e. The zero-order valence-electron chi connectivity index (χ0n) is 22.6. The maximum atomic E-state index is 13.9. The molecule has 5 rings (SSSR count). The molecular formula is C28H28O15. The molecule has 0 saturated carbocycles. The number of hydrogen-bond acceptors (Lipinski definition) is 14. The molecule has 1 saturated heterocycles. The van der Waals surface area contributed by atoms with Gasteiger partial charge in [0.1, 0.15) is 41.5 Å². The summed E-state index contributed by atoms with van der Waals surface area (Å²) in [7, 11) is 1.02. The smallest absolute Gasteiger partial charge is 0.335 e. The van der Waals surface area contributed by atoms with Crippen molar-refractivity contribution >= 4 is 23.5 Å². The van der Waals surface area contributed by atoms with Gasteiger partial charge in [-0.25, -0.2) is 4.79 Å². The topological polar surface area (TPSA) is 258 Å². The molecule has 0 radical (unpaired) electrons. The lowest BCUT2D eigenvalue weighted by molar-refractivity contribution is -0.271. The number of benzene rings is 2. The lowest BCUT2D eigenvalue weighted by Crippen LogP contribution is -2.61. The molecule has 0 bridgehead atoms. The van der Waals surface area contributed by atoms with Crippen molar-refractivity contribution in [1.82, 2.24) is 0 Å². The Hall–Kier alpha value is -4.12. The summed E-state index contributed by atoms with van der Waals surface area (Å²) in [6.45, 7) is 1.51. The number of aromatic hydroxyl groups is 2. The highest BCUT2D eigenvalue weighted by atomic mass is 16.7. The number of rotatable bonds is 5. The molecule has 0 aromatic heterocycles. The van der Waals surface area contributed by atoms with Crippen molar-refractivity contribution in [1.29, 1.82) is 0 Å². The van der Waals surface area contributed by atoms with Gasteiger partial charge >= 0.3 is 11.9 Å². The minimum atomic E-state index is -2.03. The van der Waals surface area contributed by atoms with Crippen LogP contribution in [0.1, 0.15) is 74.8 Å². The maximum Gasteiger partial charge on any atom is 0.335 e. The minimum Gasteiger partial charge on any atom is -0.507 e. The second-order valence-electron chi connectivity index (χ2n) is 10.6. The number of carboxylic acids is 1. The fourth-order valence-electron chi connectivity index (χ4n) is 6.05. The van der Waals surface area contributed by atoms with Gasteiger partial charge in [-0.2, -0.15) is 0 Å². The SMILES string of the molecule is CC[C@@]1(O)C[C@@H](O)c2c(O)c3c(c(O)c2[C@H]1C(=O)OC)C(=O)c1cccc(O[C@@H]2O[C@H](C(=O)O)[C@@H](O)[C@H](O)[C@@H]2O)c1C3=O. The summed E-state index contributed by atoms with van der Waals surface area (Å²) in [5, 5.41) is 84.6. The number of aliphatic hydroxyl groups excluding tert-OH is 4. The monoisotopic (exact) mass is 604 g/mol. The molecule has 43 heavy (non-hydrogen) atoms. The summed E-state index contributed by atoms with van der Waals surface area (Å²) in [5.41, 5.74) is -5.25. The van der Waals surface area contributed by atoms with E-state index in [4.69, 9.17) is 14.2 Å². The normalized spacial score (nSPS) is 31.5. The second-order valence-corrected chi connectivity index (χ2v) is 10.6. The van der Waals surface area contributed by atoms with Gasteiger partial charge in [-0.1, -0.05) is 19.1 Å². The number of phenolic OH excluding ortho intramolecular Hbond substituents is 2. The number of carboxylic acid groups (broad SMARTS) is 1. The zero-order valence-corrected chi connectivity index (χ0v) is 22.6. The van der Waals surface area contributed by atoms with Crippen LogP contribution in [0.2, 0.25) is 0 Å². The van der Waals surface area contributed by atoms with E-state index >= 15 is 0 Å². The van der Waals surface area contributed by atoms with Gasteiger partial charge in [0.2, 0.25) is 12.1 Å². The van der Waals surface area contributed by atoms with Crippen molar-refractivity contribution in [2.24, 2.45) is 0 Å². The molecule has 0 unspecified atom stereocenters. The molecule has 1 fully saturated rings. The second kappa shape index (κ2) is 10.6. The zero-order chi connectivity index (χ0) is 31.7. The average molecular weight is 605 g/mol. The third kappa shape index (κ3) is 4.35. The van der Waals surface area contributed by atoms with E-state index < -0.39 is 123 Å². The van der Waals surface area contributed by atoms with Crippen molar-refractivity contribution in [3.63, 3.8) is 0 Å². The molecule has 8 N–H and O–H groups in total. The molecule has 0 amide bonds. The number of ketones is 2. The fraction of sp³-hybridized carbons (Fsp3) is 0.429. The molecule has 2 aromatic rings. The van der Waals surface area contributed by atoms with E-state index in [1.807, 2.05) is 0 Å².